The molecule has 1 aliphatic heterocycles. The van der Waals surface area contributed by atoms with Crippen LogP contribution in [0, 0.1) is 5.82 Å². The van der Waals surface area contributed by atoms with Gasteiger partial charge in [-0.05, 0) is 53.6 Å². The topological polar surface area (TPSA) is 62.6 Å². The third kappa shape index (κ3) is 4.18. The molecule has 0 amide bonds. The average Bonchev–Trinajstić information content (AvgIpc) is 3.21. The van der Waals surface area contributed by atoms with Crippen LogP contribution in [0.15, 0.2) is 76.6 Å². The van der Waals surface area contributed by atoms with Gasteiger partial charge in [0.25, 0.3) is 0 Å². The number of halogens is 4. The highest BCUT2D eigenvalue weighted by Gasteiger charge is 2.54. The van der Waals surface area contributed by atoms with E-state index in [9.17, 15) is 27.8 Å². The molecule has 4 nitrogen and oxygen atoms in total. The molecular weight excluding hydrogens is 466 g/mol. The minimum Gasteiger partial charge on any atom is -0.461 e. The van der Waals surface area contributed by atoms with Crippen LogP contribution in [0.4, 0.5) is 17.6 Å². The Morgan fingerprint density at radius 1 is 1.16 bits per heavy atom. The van der Waals surface area contributed by atoms with Crippen LogP contribution in [0.2, 0.25) is 0 Å². The summed E-state index contributed by atoms with van der Waals surface area (Å²) in [6.07, 6.45) is -3.24. The van der Waals surface area contributed by atoms with E-state index in [-0.39, 0.29) is 10.2 Å². The van der Waals surface area contributed by atoms with Gasteiger partial charge in [0.2, 0.25) is 11.9 Å². The van der Waals surface area contributed by atoms with Crippen molar-refractivity contribution in [1.29, 1.82) is 0 Å². The molecule has 2 heterocycles. The minimum atomic E-state index is -4.93. The zero-order valence-electron chi connectivity index (χ0n) is 16.1. The monoisotopic (exact) mass is 481 g/mol. The van der Waals surface area contributed by atoms with E-state index in [1.807, 2.05) is 0 Å². The van der Waals surface area contributed by atoms with Gasteiger partial charge in [0.15, 0.2) is 4.34 Å². The lowest BCUT2D eigenvalue weighted by molar-refractivity contribution is -0.243. The number of aliphatic hydroxyl groups is 2. The fraction of sp³-hybridized carbons (Fsp3) is 0.136. The van der Waals surface area contributed by atoms with Crippen LogP contribution in [-0.2, 0) is 5.60 Å². The molecule has 0 saturated carbocycles. The second-order valence-electron chi connectivity index (χ2n) is 6.81. The van der Waals surface area contributed by atoms with Gasteiger partial charge in [0, 0.05) is 16.7 Å². The number of fused-ring (bicyclic) bond motifs is 1. The summed E-state index contributed by atoms with van der Waals surface area (Å²) in [5, 5.41) is 20.1. The number of benzene rings is 2. The second-order valence-corrected chi connectivity index (χ2v) is 9.17. The largest absolute Gasteiger partial charge is 0.461 e. The Labute approximate surface area is 188 Å². The quantitative estimate of drug-likeness (QED) is 0.372. The van der Waals surface area contributed by atoms with Crippen molar-refractivity contribution in [1.82, 2.24) is 4.98 Å². The van der Waals surface area contributed by atoms with E-state index in [0.29, 0.717) is 44.8 Å². The molecule has 0 fully saturated rings. The number of aliphatic hydroxyl groups excluding tert-OH is 1. The van der Waals surface area contributed by atoms with Crippen molar-refractivity contribution in [2.75, 3.05) is 0 Å². The lowest BCUT2D eigenvalue weighted by atomic mass is 9.95. The van der Waals surface area contributed by atoms with Crippen molar-refractivity contribution in [3.05, 3.63) is 89.2 Å². The molecular formula is C22H15F4NO3S2. The fourth-order valence-electron chi connectivity index (χ4n) is 3.10. The number of alkyl halides is 3. The van der Waals surface area contributed by atoms with Crippen molar-refractivity contribution in [2.45, 2.75) is 27.3 Å². The summed E-state index contributed by atoms with van der Waals surface area (Å²) in [4.78, 5) is 4.18. The van der Waals surface area contributed by atoms with Crippen molar-refractivity contribution in [3.63, 3.8) is 0 Å². The first-order chi connectivity index (χ1) is 15.1. The number of ether oxygens (including phenoxy) is 1. The molecule has 0 aliphatic carbocycles. The van der Waals surface area contributed by atoms with Gasteiger partial charge < -0.3 is 14.9 Å². The fourth-order valence-corrected chi connectivity index (χ4v) is 5.19. The number of nitrogens with zero attached hydrogens (tertiary/aromatic N) is 1. The van der Waals surface area contributed by atoms with Gasteiger partial charge in [-0.15, -0.1) is 11.3 Å². The van der Waals surface area contributed by atoms with Crippen molar-refractivity contribution in [3.8, 4) is 5.75 Å². The Hall–Kier alpha value is -2.66. The molecule has 2 aromatic carbocycles. The van der Waals surface area contributed by atoms with Gasteiger partial charge in [-0.1, -0.05) is 30.5 Å². The minimum absolute atomic E-state index is 0.273. The van der Waals surface area contributed by atoms with Crippen molar-refractivity contribution < 1.29 is 32.5 Å². The van der Waals surface area contributed by atoms with E-state index in [2.05, 4.69) is 11.6 Å². The van der Waals surface area contributed by atoms with Crippen LogP contribution in [-0.4, -0.2) is 27.7 Å². The van der Waals surface area contributed by atoms with Gasteiger partial charge in [0.1, 0.15) is 11.6 Å². The summed E-state index contributed by atoms with van der Waals surface area (Å²) in [6.45, 7) is 3.10. The van der Waals surface area contributed by atoms with E-state index in [0.717, 1.165) is 18.0 Å². The molecule has 0 bridgehead atoms. The third-order valence-corrected chi connectivity index (χ3v) is 6.93. The summed E-state index contributed by atoms with van der Waals surface area (Å²) in [6, 6.07) is 10.9. The molecule has 0 saturated heterocycles. The molecule has 2 unspecified atom stereocenters. The lowest BCUT2D eigenvalue weighted by Crippen LogP contribution is -2.39. The molecule has 32 heavy (non-hydrogen) atoms. The summed E-state index contributed by atoms with van der Waals surface area (Å²) in [7, 11) is 0. The first-order valence-electron chi connectivity index (χ1n) is 9.14. The first-order valence-corrected chi connectivity index (χ1v) is 10.8. The van der Waals surface area contributed by atoms with Crippen molar-refractivity contribution >= 4 is 28.7 Å². The molecule has 10 heteroatoms. The Morgan fingerprint density at radius 2 is 1.88 bits per heavy atom. The summed E-state index contributed by atoms with van der Waals surface area (Å²) in [5.41, 5.74) is -1.16. The van der Waals surface area contributed by atoms with Gasteiger partial charge in [-0.2, -0.15) is 13.2 Å². The predicted octanol–water partition coefficient (Wildman–Crippen LogP) is 5.51. The van der Waals surface area contributed by atoms with E-state index in [4.69, 9.17) is 4.74 Å². The van der Waals surface area contributed by atoms with Crippen LogP contribution in [0.25, 0.3) is 5.57 Å². The van der Waals surface area contributed by atoms with Gasteiger partial charge in [-0.3, -0.25) is 0 Å². The summed E-state index contributed by atoms with van der Waals surface area (Å²) >= 11 is 1.78. The Kier molecular flexibility index (Phi) is 5.89. The maximum absolute atomic E-state index is 13.3. The summed E-state index contributed by atoms with van der Waals surface area (Å²) in [5.74, 6) is -0.0235. The molecule has 1 aromatic heterocycles. The van der Waals surface area contributed by atoms with Crippen LogP contribution in [0.3, 0.4) is 0 Å². The number of thiazole rings is 1. The van der Waals surface area contributed by atoms with E-state index < -0.39 is 22.9 Å². The maximum atomic E-state index is 13.3. The number of hydrogen-bond donors (Lipinski definition) is 2. The Morgan fingerprint density at radius 3 is 2.53 bits per heavy atom. The maximum Gasteiger partial charge on any atom is 0.426 e. The third-order valence-electron chi connectivity index (χ3n) is 4.75. The van der Waals surface area contributed by atoms with Crippen LogP contribution in [0.5, 0.6) is 5.75 Å². The van der Waals surface area contributed by atoms with Crippen LogP contribution < -0.4 is 4.74 Å². The smallest absolute Gasteiger partial charge is 0.426 e. The van der Waals surface area contributed by atoms with E-state index in [1.165, 1.54) is 18.2 Å². The number of aromatic nitrogens is 1. The van der Waals surface area contributed by atoms with Gasteiger partial charge in [0.05, 0.1) is 4.88 Å². The van der Waals surface area contributed by atoms with E-state index >= 15 is 0 Å². The highest BCUT2D eigenvalue weighted by atomic mass is 32.2. The van der Waals surface area contributed by atoms with Gasteiger partial charge >= 0.3 is 6.18 Å². The van der Waals surface area contributed by atoms with Crippen molar-refractivity contribution in [2.24, 2.45) is 0 Å². The second kappa shape index (κ2) is 8.36. The average molecular weight is 481 g/mol. The standard InChI is InChI=1S/C22H15F4NO3S2/c1-2-21(29,22(24,25)26)18-11-27-20(32-18)31-14-7-8-15-16(10-19(28)30-17(15)9-14)12-3-5-13(23)6-4-12/h2-11,19,28-29H,1H2. The van der Waals surface area contributed by atoms with Crippen LogP contribution >= 0.6 is 23.1 Å². The Balaban J connectivity index is 1.62. The zero-order valence-corrected chi connectivity index (χ0v) is 17.8. The molecule has 2 atom stereocenters. The predicted molar refractivity (Wildman–Crippen MR) is 113 cm³/mol. The summed E-state index contributed by atoms with van der Waals surface area (Å²) < 4.78 is 58.7. The first kappa shape index (κ1) is 22.5. The Bertz CT molecular complexity index is 1190. The molecule has 1 aliphatic rings. The molecule has 3 aromatic rings. The normalized spacial score (nSPS) is 17.7. The molecule has 0 spiro atoms. The number of hydrogen-bond acceptors (Lipinski definition) is 6. The SMILES string of the molecule is C=CC(O)(c1cnc(Sc2ccc3c(c2)OC(O)C=C3c2ccc(F)cc2)s1)C(F)(F)F. The zero-order chi connectivity index (χ0) is 23.1. The molecule has 0 radical (unpaired) electrons. The van der Waals surface area contributed by atoms with Gasteiger partial charge in [-0.25, -0.2) is 9.37 Å². The highest BCUT2D eigenvalue weighted by molar-refractivity contribution is 8.01. The highest BCUT2D eigenvalue weighted by Crippen LogP contribution is 2.45. The molecule has 4 rings (SSSR count). The lowest BCUT2D eigenvalue weighted by Gasteiger charge is -2.25. The number of rotatable bonds is 5. The van der Waals surface area contributed by atoms with Crippen LogP contribution in [0.1, 0.15) is 16.0 Å². The molecule has 166 valence electrons. The molecule has 2 N–H and O–H groups in total. The van der Waals surface area contributed by atoms with E-state index in [1.54, 1.807) is 30.3 Å².